The normalized spacial score (nSPS) is 16.6. The Kier molecular flexibility index (Phi) is 6.62. The van der Waals surface area contributed by atoms with Crippen LogP contribution in [0.4, 0.5) is 5.69 Å². The zero-order chi connectivity index (χ0) is 19.9. The Bertz CT molecular complexity index is 830. The average Bonchev–Trinajstić information content (AvgIpc) is 3.16. The van der Waals surface area contributed by atoms with E-state index in [1.54, 1.807) is 7.05 Å². The molecule has 1 aliphatic heterocycles. The molecule has 0 fully saturated rings. The van der Waals surface area contributed by atoms with Crippen molar-refractivity contribution < 1.29 is 9.32 Å². The number of rotatable bonds is 7. The number of guanidine groups is 1. The monoisotopic (exact) mass is 384 g/mol. The van der Waals surface area contributed by atoms with E-state index in [0.29, 0.717) is 18.9 Å². The van der Waals surface area contributed by atoms with Gasteiger partial charge in [-0.25, -0.2) is 0 Å². The van der Waals surface area contributed by atoms with Crippen LogP contribution in [0.25, 0.3) is 0 Å². The lowest BCUT2D eigenvalue weighted by Gasteiger charge is -2.26. The average molecular weight is 384 g/mol. The van der Waals surface area contributed by atoms with Crippen molar-refractivity contribution in [2.75, 3.05) is 25.5 Å². The minimum absolute atomic E-state index is 0.0498. The van der Waals surface area contributed by atoms with Gasteiger partial charge in [-0.2, -0.15) is 4.98 Å². The van der Waals surface area contributed by atoms with Crippen LogP contribution >= 0.6 is 0 Å². The van der Waals surface area contributed by atoms with Crippen LogP contribution in [0.2, 0.25) is 0 Å². The number of fused-ring (bicyclic) bond motifs is 1. The smallest absolute Gasteiger partial charge is 0.226 e. The molecule has 1 amide bonds. The van der Waals surface area contributed by atoms with Gasteiger partial charge in [-0.05, 0) is 18.1 Å². The summed E-state index contributed by atoms with van der Waals surface area (Å²) < 4.78 is 5.26. The summed E-state index contributed by atoms with van der Waals surface area (Å²) in [5.41, 5.74) is 2.05. The van der Waals surface area contributed by atoms with Gasteiger partial charge in [-0.1, -0.05) is 37.2 Å². The second-order valence-corrected chi connectivity index (χ2v) is 7.22. The van der Waals surface area contributed by atoms with Gasteiger partial charge in [0.2, 0.25) is 11.8 Å². The highest BCUT2D eigenvalue weighted by Crippen LogP contribution is 2.31. The molecule has 8 nitrogen and oxygen atoms in total. The largest absolute Gasteiger partial charge is 0.356 e. The predicted molar refractivity (Wildman–Crippen MR) is 109 cm³/mol. The number of aliphatic imine (C=N–C) groups is 1. The number of anilines is 1. The van der Waals surface area contributed by atoms with Crippen LogP contribution in [0.3, 0.4) is 0 Å². The zero-order valence-electron chi connectivity index (χ0n) is 16.7. The third-order valence-corrected chi connectivity index (χ3v) is 4.71. The number of aryl methyl sites for hydroxylation is 1. The molecule has 150 valence electrons. The van der Waals surface area contributed by atoms with Gasteiger partial charge in [-0.15, -0.1) is 0 Å². The molecule has 8 heteroatoms. The molecule has 1 unspecified atom stereocenters. The van der Waals surface area contributed by atoms with Gasteiger partial charge >= 0.3 is 0 Å². The number of carbonyl (C=O) groups is 1. The molecular weight excluding hydrogens is 356 g/mol. The summed E-state index contributed by atoms with van der Waals surface area (Å²) in [5, 5.41) is 13.5. The van der Waals surface area contributed by atoms with Crippen molar-refractivity contribution in [3.05, 3.63) is 41.5 Å². The van der Waals surface area contributed by atoms with Crippen LogP contribution in [0, 0.1) is 0 Å². The Labute approximate surface area is 165 Å². The summed E-state index contributed by atoms with van der Waals surface area (Å²) in [6.07, 6.45) is 2.05. The van der Waals surface area contributed by atoms with Crippen LogP contribution < -0.4 is 16.0 Å². The number of carbonyl (C=O) groups excluding carboxylic acids is 1. The number of hydrogen-bond donors (Lipinski definition) is 3. The molecule has 0 spiro atoms. The number of nitrogens with zero attached hydrogens (tertiary/aromatic N) is 3. The summed E-state index contributed by atoms with van der Waals surface area (Å²) in [4.78, 5) is 20.6. The molecule has 0 saturated carbocycles. The van der Waals surface area contributed by atoms with Crippen LogP contribution in [0.1, 0.15) is 55.8 Å². The van der Waals surface area contributed by atoms with E-state index in [0.717, 1.165) is 42.4 Å². The summed E-state index contributed by atoms with van der Waals surface area (Å²) in [6, 6.07) is 7.93. The van der Waals surface area contributed by atoms with E-state index in [1.807, 2.05) is 32.0 Å². The highest BCUT2D eigenvalue weighted by Gasteiger charge is 2.24. The standard InChI is InChI=1S/C20H28N6O2/c1-13(2)19-25-18(28-26-19)9-6-10-22-20(21-3)23-12-14-11-17(27)24-16-8-5-4-7-15(14)16/h4-5,7-8,13-14H,6,9-12H2,1-3H3,(H,24,27)(H2,21,22,23). The number of nitrogens with one attached hydrogen (secondary N) is 3. The van der Waals surface area contributed by atoms with Gasteiger partial charge in [0.1, 0.15) is 0 Å². The Balaban J connectivity index is 1.44. The molecule has 28 heavy (non-hydrogen) atoms. The van der Waals surface area contributed by atoms with Gasteiger partial charge in [0, 0.05) is 50.5 Å². The molecule has 1 aromatic carbocycles. The minimum atomic E-state index is 0.0498. The van der Waals surface area contributed by atoms with E-state index in [9.17, 15) is 4.79 Å². The summed E-state index contributed by atoms with van der Waals surface area (Å²) in [6.45, 7) is 5.46. The molecule has 1 aliphatic rings. The molecule has 0 aliphatic carbocycles. The lowest BCUT2D eigenvalue weighted by Crippen LogP contribution is -2.41. The molecule has 3 N–H and O–H groups in total. The van der Waals surface area contributed by atoms with E-state index in [4.69, 9.17) is 4.52 Å². The lowest BCUT2D eigenvalue weighted by molar-refractivity contribution is -0.116. The first kappa shape index (κ1) is 19.9. The fraction of sp³-hybridized carbons (Fsp3) is 0.500. The molecule has 0 bridgehead atoms. The van der Waals surface area contributed by atoms with Gasteiger partial charge in [0.05, 0.1) is 0 Å². The Morgan fingerprint density at radius 2 is 2.18 bits per heavy atom. The van der Waals surface area contributed by atoms with Crippen molar-refractivity contribution in [2.24, 2.45) is 4.99 Å². The molecular formula is C20H28N6O2. The Morgan fingerprint density at radius 3 is 2.93 bits per heavy atom. The van der Waals surface area contributed by atoms with Gasteiger partial charge in [0.25, 0.3) is 0 Å². The van der Waals surface area contributed by atoms with Crippen LogP contribution in [-0.4, -0.2) is 42.1 Å². The molecule has 0 saturated heterocycles. The molecule has 0 radical (unpaired) electrons. The third kappa shape index (κ3) is 5.09. The van der Waals surface area contributed by atoms with Crippen LogP contribution in [0.15, 0.2) is 33.8 Å². The maximum Gasteiger partial charge on any atom is 0.226 e. The number of aromatic nitrogens is 2. The molecule has 1 aromatic heterocycles. The van der Waals surface area contributed by atoms with Crippen molar-refractivity contribution in [3.8, 4) is 0 Å². The van der Waals surface area contributed by atoms with E-state index < -0.39 is 0 Å². The van der Waals surface area contributed by atoms with Crippen LogP contribution in [0.5, 0.6) is 0 Å². The van der Waals surface area contributed by atoms with Gasteiger partial charge in [-0.3, -0.25) is 9.79 Å². The number of para-hydroxylation sites is 1. The van der Waals surface area contributed by atoms with E-state index in [2.05, 4.69) is 37.1 Å². The highest BCUT2D eigenvalue weighted by molar-refractivity contribution is 5.94. The summed E-state index contributed by atoms with van der Waals surface area (Å²) in [5.74, 6) is 2.57. The van der Waals surface area contributed by atoms with Crippen molar-refractivity contribution in [3.63, 3.8) is 0 Å². The quantitative estimate of drug-likeness (QED) is 0.385. The van der Waals surface area contributed by atoms with Crippen molar-refractivity contribution >= 4 is 17.6 Å². The fourth-order valence-electron chi connectivity index (χ4n) is 3.17. The van der Waals surface area contributed by atoms with Crippen molar-refractivity contribution in [2.45, 2.75) is 44.9 Å². The first-order chi connectivity index (χ1) is 13.6. The molecule has 3 rings (SSSR count). The second kappa shape index (κ2) is 9.34. The van der Waals surface area contributed by atoms with Crippen molar-refractivity contribution in [1.82, 2.24) is 20.8 Å². The first-order valence-electron chi connectivity index (χ1n) is 9.72. The third-order valence-electron chi connectivity index (χ3n) is 4.71. The number of benzene rings is 1. The topological polar surface area (TPSA) is 104 Å². The summed E-state index contributed by atoms with van der Waals surface area (Å²) in [7, 11) is 1.74. The van der Waals surface area contributed by atoms with Crippen LogP contribution in [-0.2, 0) is 11.2 Å². The number of amides is 1. The zero-order valence-corrected chi connectivity index (χ0v) is 16.7. The Morgan fingerprint density at radius 1 is 1.36 bits per heavy atom. The highest BCUT2D eigenvalue weighted by atomic mass is 16.5. The fourth-order valence-corrected chi connectivity index (χ4v) is 3.17. The first-order valence-corrected chi connectivity index (χ1v) is 9.72. The van der Waals surface area contributed by atoms with Crippen molar-refractivity contribution in [1.29, 1.82) is 0 Å². The van der Waals surface area contributed by atoms with Gasteiger partial charge in [0.15, 0.2) is 11.8 Å². The maximum absolute atomic E-state index is 11.9. The lowest BCUT2D eigenvalue weighted by atomic mass is 9.90. The van der Waals surface area contributed by atoms with E-state index in [1.165, 1.54) is 0 Å². The number of hydrogen-bond acceptors (Lipinski definition) is 5. The predicted octanol–water partition coefficient (Wildman–Crippen LogP) is 2.42. The SMILES string of the molecule is CN=C(NCCCc1nc(C(C)C)no1)NCC1CC(=O)Nc2ccccc21. The van der Waals surface area contributed by atoms with E-state index in [-0.39, 0.29) is 17.7 Å². The molecule has 2 aromatic rings. The van der Waals surface area contributed by atoms with E-state index >= 15 is 0 Å². The molecule has 2 heterocycles. The second-order valence-electron chi connectivity index (χ2n) is 7.22. The summed E-state index contributed by atoms with van der Waals surface area (Å²) >= 11 is 0. The minimum Gasteiger partial charge on any atom is -0.356 e. The maximum atomic E-state index is 11.9. The van der Waals surface area contributed by atoms with Gasteiger partial charge < -0.3 is 20.5 Å². The Hall–Kier alpha value is -2.90. The molecule has 1 atom stereocenters.